The fraction of sp³-hybridized carbons (Fsp3) is 0.238. The Labute approximate surface area is 203 Å². The molecule has 0 aromatic heterocycles. The molecule has 7 nitrogen and oxygen atoms in total. The van der Waals surface area contributed by atoms with Crippen molar-refractivity contribution in [2.24, 2.45) is 0 Å². The van der Waals surface area contributed by atoms with E-state index in [-0.39, 0.29) is 31.2 Å². The topological polar surface area (TPSA) is 92.8 Å². The Morgan fingerprint density at radius 2 is 1.50 bits per heavy atom. The van der Waals surface area contributed by atoms with Gasteiger partial charge in [-0.05, 0) is 32.4 Å². The van der Waals surface area contributed by atoms with Crippen molar-refractivity contribution in [2.75, 3.05) is 11.9 Å². The molecule has 0 saturated carbocycles. The second kappa shape index (κ2) is 9.27. The number of carbonyl (C=O) groups excluding carboxylic acids is 4. The van der Waals surface area contributed by atoms with Gasteiger partial charge in [-0.1, -0.05) is 64.1 Å². The summed E-state index contributed by atoms with van der Waals surface area (Å²) in [4.78, 5) is 50.9. The van der Waals surface area contributed by atoms with Gasteiger partial charge in [-0.3, -0.25) is 19.3 Å². The van der Waals surface area contributed by atoms with Crippen molar-refractivity contribution in [3.63, 3.8) is 0 Å². The lowest BCUT2D eigenvalue weighted by Gasteiger charge is -2.21. The van der Waals surface area contributed by atoms with E-state index in [9.17, 15) is 19.2 Å². The molecule has 0 radical (unpaired) electrons. The third kappa shape index (κ3) is 4.30. The number of aryl methyl sites for hydroxylation is 2. The molecule has 11 heteroatoms. The maximum absolute atomic E-state index is 12.8. The predicted molar refractivity (Wildman–Crippen MR) is 122 cm³/mol. The van der Waals surface area contributed by atoms with Crippen LogP contribution in [0.4, 0.5) is 5.69 Å². The maximum atomic E-state index is 12.8. The molecule has 0 saturated heterocycles. The van der Waals surface area contributed by atoms with Crippen LogP contribution in [0.3, 0.4) is 0 Å². The summed E-state index contributed by atoms with van der Waals surface area (Å²) in [5.41, 5.74) is 1.95. The Balaban J connectivity index is 1.71. The first-order chi connectivity index (χ1) is 15.0. The fourth-order valence-corrected chi connectivity index (χ4v) is 4.24. The molecule has 1 atom stereocenters. The summed E-state index contributed by atoms with van der Waals surface area (Å²) in [5, 5.41) is 1.78. The minimum Gasteiger partial charge on any atom is -0.454 e. The fourth-order valence-electron chi connectivity index (χ4n) is 3.22. The number of imide groups is 1. The van der Waals surface area contributed by atoms with E-state index in [2.05, 4.69) is 5.32 Å². The van der Waals surface area contributed by atoms with Crippen molar-refractivity contribution in [1.29, 1.82) is 0 Å². The Hall–Kier alpha value is -2.32. The van der Waals surface area contributed by atoms with Crippen molar-refractivity contribution in [3.8, 4) is 0 Å². The highest BCUT2D eigenvalue weighted by Crippen LogP contribution is 2.45. The first-order valence-corrected chi connectivity index (χ1v) is 10.7. The lowest BCUT2D eigenvalue weighted by Crippen LogP contribution is -2.44. The molecule has 0 aliphatic carbocycles. The molecule has 1 N–H and O–H groups in total. The van der Waals surface area contributed by atoms with Gasteiger partial charge < -0.3 is 10.1 Å². The van der Waals surface area contributed by atoms with Gasteiger partial charge in [0.25, 0.3) is 17.7 Å². The molecule has 0 bridgehead atoms. The number of ether oxygens (including phenoxy) is 1. The SMILES string of the molecule is Cc1ccc(NC(=O)COC(=O)[C@@H](C)N2C(=O)c3c(Cl)c(Cl)c(Cl)c(Cl)c3C2=O)c(C)c1. The van der Waals surface area contributed by atoms with Crippen molar-refractivity contribution >= 4 is 75.8 Å². The van der Waals surface area contributed by atoms with Gasteiger partial charge >= 0.3 is 5.97 Å². The van der Waals surface area contributed by atoms with Crippen molar-refractivity contribution < 1.29 is 23.9 Å². The monoisotopic (exact) mass is 516 g/mol. The molecule has 0 fully saturated rings. The first kappa shape index (κ1) is 24.3. The number of fused-ring (bicyclic) bond motifs is 1. The quantitative estimate of drug-likeness (QED) is 0.258. The van der Waals surface area contributed by atoms with E-state index < -0.39 is 36.3 Å². The van der Waals surface area contributed by atoms with Crippen molar-refractivity contribution in [1.82, 2.24) is 4.90 Å². The summed E-state index contributed by atoms with van der Waals surface area (Å²) >= 11 is 24.1. The number of anilines is 1. The Kier molecular flexibility index (Phi) is 7.05. The van der Waals surface area contributed by atoms with E-state index >= 15 is 0 Å². The summed E-state index contributed by atoms with van der Waals surface area (Å²) in [5.74, 6) is -3.30. The van der Waals surface area contributed by atoms with Crippen LogP contribution < -0.4 is 5.32 Å². The molecular formula is C21H16Cl4N2O5. The van der Waals surface area contributed by atoms with Gasteiger partial charge in [0.1, 0.15) is 6.04 Å². The zero-order valence-corrected chi connectivity index (χ0v) is 20.0. The van der Waals surface area contributed by atoms with Gasteiger partial charge in [-0.15, -0.1) is 0 Å². The summed E-state index contributed by atoms with van der Waals surface area (Å²) in [7, 11) is 0. The molecule has 168 valence electrons. The first-order valence-electron chi connectivity index (χ1n) is 9.23. The molecule has 2 aromatic carbocycles. The normalized spacial score (nSPS) is 13.8. The lowest BCUT2D eigenvalue weighted by atomic mass is 10.1. The summed E-state index contributed by atoms with van der Waals surface area (Å²) in [6.07, 6.45) is 0. The van der Waals surface area contributed by atoms with Crippen molar-refractivity contribution in [3.05, 3.63) is 60.5 Å². The van der Waals surface area contributed by atoms with Gasteiger partial charge in [0.05, 0.1) is 31.2 Å². The molecule has 2 aromatic rings. The number of esters is 1. The Bertz CT molecular complexity index is 1130. The molecule has 0 unspecified atom stereocenters. The highest BCUT2D eigenvalue weighted by atomic mass is 35.5. The van der Waals surface area contributed by atoms with Crippen LogP contribution in [0, 0.1) is 13.8 Å². The van der Waals surface area contributed by atoms with Crippen LogP contribution in [0.15, 0.2) is 18.2 Å². The third-order valence-corrected chi connectivity index (χ3v) is 6.66. The van der Waals surface area contributed by atoms with Gasteiger partial charge in [0.2, 0.25) is 0 Å². The molecule has 3 rings (SSSR count). The molecule has 1 aliphatic heterocycles. The van der Waals surface area contributed by atoms with Crippen LogP contribution in [0.5, 0.6) is 0 Å². The second-order valence-corrected chi connectivity index (χ2v) is 8.65. The molecular weight excluding hydrogens is 502 g/mol. The van der Waals surface area contributed by atoms with E-state index in [0.717, 1.165) is 11.1 Å². The largest absolute Gasteiger partial charge is 0.454 e. The smallest absolute Gasteiger partial charge is 0.329 e. The third-order valence-electron chi connectivity index (χ3n) is 4.86. The van der Waals surface area contributed by atoms with Gasteiger partial charge in [-0.25, -0.2) is 4.79 Å². The Morgan fingerprint density at radius 3 is 2.00 bits per heavy atom. The highest BCUT2D eigenvalue weighted by Gasteiger charge is 2.45. The second-order valence-electron chi connectivity index (χ2n) is 7.14. The number of amides is 3. The number of rotatable bonds is 5. The van der Waals surface area contributed by atoms with E-state index in [1.807, 2.05) is 26.0 Å². The van der Waals surface area contributed by atoms with Crippen LogP contribution in [0.2, 0.25) is 20.1 Å². The summed E-state index contributed by atoms with van der Waals surface area (Å²) in [6.45, 7) is 4.41. The lowest BCUT2D eigenvalue weighted by molar-refractivity contribution is -0.150. The van der Waals surface area contributed by atoms with Gasteiger partial charge in [-0.2, -0.15) is 0 Å². The van der Waals surface area contributed by atoms with Crippen LogP contribution >= 0.6 is 46.4 Å². The van der Waals surface area contributed by atoms with Crippen LogP contribution in [0.25, 0.3) is 0 Å². The average Bonchev–Trinajstić information content (AvgIpc) is 3.00. The predicted octanol–water partition coefficient (Wildman–Crippen LogP) is 5.08. The zero-order chi connectivity index (χ0) is 23.9. The minimum atomic E-state index is -1.36. The van der Waals surface area contributed by atoms with Crippen LogP contribution in [0.1, 0.15) is 38.8 Å². The number of carbonyl (C=O) groups is 4. The van der Waals surface area contributed by atoms with Gasteiger partial charge in [0.15, 0.2) is 6.61 Å². The molecule has 0 spiro atoms. The molecule has 1 heterocycles. The molecule has 3 amide bonds. The van der Waals surface area contributed by atoms with Crippen LogP contribution in [-0.2, 0) is 14.3 Å². The van der Waals surface area contributed by atoms with Crippen LogP contribution in [-0.4, -0.2) is 41.2 Å². The van der Waals surface area contributed by atoms with E-state index in [1.165, 1.54) is 6.92 Å². The highest BCUT2D eigenvalue weighted by molar-refractivity contribution is 6.55. The van der Waals surface area contributed by atoms with Gasteiger partial charge in [0, 0.05) is 5.69 Å². The molecule has 32 heavy (non-hydrogen) atoms. The number of nitrogens with zero attached hydrogens (tertiary/aromatic N) is 1. The summed E-state index contributed by atoms with van der Waals surface area (Å²) < 4.78 is 5.00. The summed E-state index contributed by atoms with van der Waals surface area (Å²) in [6, 6.07) is 4.09. The number of halogens is 4. The number of nitrogens with one attached hydrogen (secondary N) is 1. The van der Waals surface area contributed by atoms with E-state index in [4.69, 9.17) is 51.1 Å². The van der Waals surface area contributed by atoms with E-state index in [0.29, 0.717) is 10.6 Å². The minimum absolute atomic E-state index is 0.182. The molecule has 1 aliphatic rings. The van der Waals surface area contributed by atoms with E-state index in [1.54, 1.807) is 6.07 Å². The Morgan fingerprint density at radius 1 is 0.969 bits per heavy atom. The number of benzene rings is 2. The number of hydrogen-bond acceptors (Lipinski definition) is 5. The average molecular weight is 518 g/mol. The number of hydrogen-bond donors (Lipinski definition) is 1. The maximum Gasteiger partial charge on any atom is 0.329 e. The van der Waals surface area contributed by atoms with Crippen molar-refractivity contribution in [2.45, 2.75) is 26.8 Å². The standard InChI is InChI=1S/C21H16Cl4N2O5/c1-8-4-5-11(9(2)6-8)26-12(28)7-32-21(31)10(3)27-19(29)13-14(20(27)30)16(23)18(25)17(24)15(13)22/h4-6,10H,7H2,1-3H3,(H,26,28)/t10-/m1/s1. The zero-order valence-electron chi connectivity index (χ0n) is 17.0.